The van der Waals surface area contributed by atoms with E-state index in [1.807, 2.05) is 0 Å². The van der Waals surface area contributed by atoms with E-state index in [0.29, 0.717) is 0 Å². The van der Waals surface area contributed by atoms with Crippen LogP contribution in [-0.4, -0.2) is 23.2 Å². The minimum Gasteiger partial charge on any atom is -0.393 e. The van der Waals surface area contributed by atoms with Crippen molar-refractivity contribution in [3.8, 4) is 0 Å². The predicted molar refractivity (Wildman–Crippen MR) is 164 cm³/mol. The molecule has 0 aromatic rings. The van der Waals surface area contributed by atoms with Gasteiger partial charge in [-0.1, -0.05) is 174 Å². The highest BCUT2D eigenvalue weighted by molar-refractivity contribution is 5.76. The van der Waals surface area contributed by atoms with Gasteiger partial charge in [0.05, 0.1) is 12.5 Å². The van der Waals surface area contributed by atoms with Gasteiger partial charge in [-0.2, -0.15) is 0 Å². The smallest absolute Gasteiger partial charge is 0.222 e. The van der Waals surface area contributed by atoms with E-state index in [9.17, 15) is 9.90 Å². The Hall–Kier alpha value is -0.570. The van der Waals surface area contributed by atoms with Gasteiger partial charge in [0, 0.05) is 6.04 Å². The van der Waals surface area contributed by atoms with E-state index in [1.165, 1.54) is 154 Å². The summed E-state index contributed by atoms with van der Waals surface area (Å²) < 4.78 is 0. The summed E-state index contributed by atoms with van der Waals surface area (Å²) in [5.41, 5.74) is 0. The lowest BCUT2D eigenvalue weighted by Crippen LogP contribution is -2.34. The number of hydrogen-bond donors (Lipinski definition) is 2. The summed E-state index contributed by atoms with van der Waals surface area (Å²) in [4.78, 5) is 12.2. The normalized spacial score (nSPS) is 13.1. The zero-order valence-electron chi connectivity index (χ0n) is 25.8. The van der Waals surface area contributed by atoms with Crippen LogP contribution in [0.4, 0.5) is 0 Å². The van der Waals surface area contributed by atoms with Crippen LogP contribution < -0.4 is 5.32 Å². The van der Waals surface area contributed by atoms with Crippen molar-refractivity contribution in [2.75, 3.05) is 0 Å². The molecule has 0 aromatic carbocycles. The van der Waals surface area contributed by atoms with Crippen molar-refractivity contribution in [2.24, 2.45) is 0 Å². The van der Waals surface area contributed by atoms with E-state index >= 15 is 0 Å². The Kier molecular flexibility index (Phi) is 29.5. The number of nitrogens with one attached hydrogen (secondary N) is 1. The third-order valence-electron chi connectivity index (χ3n) is 7.96. The molecule has 0 fully saturated rings. The van der Waals surface area contributed by atoms with Crippen LogP contribution in [0.3, 0.4) is 0 Å². The molecule has 0 heterocycles. The summed E-state index contributed by atoms with van der Waals surface area (Å²) >= 11 is 0. The molecule has 1 amide bonds. The van der Waals surface area contributed by atoms with E-state index in [1.54, 1.807) is 0 Å². The second-order valence-corrected chi connectivity index (χ2v) is 12.0. The number of carbonyl (C=O) groups excluding carboxylic acids is 1. The van der Waals surface area contributed by atoms with Crippen LogP contribution in [0.1, 0.15) is 201 Å². The van der Waals surface area contributed by atoms with Crippen LogP contribution in [0.25, 0.3) is 0 Å². The van der Waals surface area contributed by atoms with Crippen molar-refractivity contribution in [1.82, 2.24) is 5.32 Å². The number of amides is 1. The van der Waals surface area contributed by atoms with E-state index in [4.69, 9.17) is 0 Å². The number of aliphatic hydroxyl groups is 1. The molecule has 3 nitrogen and oxygen atoms in total. The summed E-state index contributed by atoms with van der Waals surface area (Å²) in [6.45, 7) is 6.66. The second kappa shape index (κ2) is 30.0. The molecular weight excluding hydrogens is 454 g/mol. The molecule has 0 aromatic heterocycles. The molecule has 37 heavy (non-hydrogen) atoms. The Morgan fingerprint density at radius 2 is 0.811 bits per heavy atom. The van der Waals surface area contributed by atoms with Crippen molar-refractivity contribution in [1.29, 1.82) is 0 Å². The van der Waals surface area contributed by atoms with Gasteiger partial charge >= 0.3 is 0 Å². The molecule has 2 N–H and O–H groups in total. The van der Waals surface area contributed by atoms with Crippen LogP contribution in [0.5, 0.6) is 0 Å². The number of aliphatic hydroxyl groups excluding tert-OH is 1. The third-order valence-corrected chi connectivity index (χ3v) is 7.96. The van der Waals surface area contributed by atoms with Gasteiger partial charge in [0.1, 0.15) is 0 Å². The van der Waals surface area contributed by atoms with Gasteiger partial charge in [0.2, 0.25) is 5.91 Å². The summed E-state index contributed by atoms with van der Waals surface area (Å²) in [7, 11) is 0. The SMILES string of the molecule is CCCCCCCCCCCCCCCCC(C)NC(=O)CC(O)CCCCCCCCCCCCC. The monoisotopic (exact) mass is 524 g/mol. The second-order valence-electron chi connectivity index (χ2n) is 12.0. The fraction of sp³-hybridized carbons (Fsp3) is 0.971. The Balaban J connectivity index is 3.41. The molecule has 0 aliphatic rings. The quantitative estimate of drug-likeness (QED) is 0.0920. The first-order valence-corrected chi connectivity index (χ1v) is 17.1. The van der Waals surface area contributed by atoms with Crippen LogP contribution >= 0.6 is 0 Å². The standard InChI is InChI=1S/C34H69NO2/c1-4-6-8-10-12-14-16-17-18-20-21-23-25-27-29-32(3)35-34(37)31-33(36)30-28-26-24-22-19-15-13-11-9-7-5-2/h32-33,36H,4-31H2,1-3H3,(H,35,37). The highest BCUT2D eigenvalue weighted by Crippen LogP contribution is 2.15. The average Bonchev–Trinajstić information content (AvgIpc) is 2.87. The maximum atomic E-state index is 12.2. The molecule has 2 atom stereocenters. The lowest BCUT2D eigenvalue weighted by molar-refractivity contribution is -0.123. The summed E-state index contributed by atoms with van der Waals surface area (Å²) in [5, 5.41) is 13.3. The van der Waals surface area contributed by atoms with E-state index in [2.05, 4.69) is 26.1 Å². The first-order chi connectivity index (χ1) is 18.1. The fourth-order valence-electron chi connectivity index (χ4n) is 5.41. The molecule has 0 saturated carbocycles. The molecule has 0 spiro atoms. The number of rotatable bonds is 30. The third kappa shape index (κ3) is 29.8. The molecule has 0 aliphatic heterocycles. The number of carbonyl (C=O) groups is 1. The lowest BCUT2D eigenvalue weighted by atomic mass is 10.0. The molecule has 0 rings (SSSR count). The average molecular weight is 524 g/mol. The molecule has 0 bridgehead atoms. The highest BCUT2D eigenvalue weighted by Gasteiger charge is 2.13. The zero-order chi connectivity index (χ0) is 27.2. The maximum absolute atomic E-state index is 12.2. The van der Waals surface area contributed by atoms with Gasteiger partial charge in [0.25, 0.3) is 0 Å². The Labute approximate surface area is 233 Å². The van der Waals surface area contributed by atoms with Crippen molar-refractivity contribution in [3.05, 3.63) is 0 Å². The molecule has 3 heteroatoms. The highest BCUT2D eigenvalue weighted by atomic mass is 16.3. The van der Waals surface area contributed by atoms with Gasteiger partial charge in [0.15, 0.2) is 0 Å². The van der Waals surface area contributed by atoms with Gasteiger partial charge in [-0.05, 0) is 19.8 Å². The Morgan fingerprint density at radius 1 is 0.514 bits per heavy atom. The maximum Gasteiger partial charge on any atom is 0.222 e. The van der Waals surface area contributed by atoms with Gasteiger partial charge in [-0.15, -0.1) is 0 Å². The van der Waals surface area contributed by atoms with Crippen molar-refractivity contribution in [3.63, 3.8) is 0 Å². The summed E-state index contributed by atoms with van der Waals surface area (Å²) in [6, 6.07) is 0.221. The molecule has 2 unspecified atom stereocenters. The topological polar surface area (TPSA) is 49.3 Å². The Bertz CT molecular complexity index is 453. The van der Waals surface area contributed by atoms with Crippen LogP contribution in [-0.2, 0) is 4.79 Å². The lowest BCUT2D eigenvalue weighted by Gasteiger charge is -2.16. The first kappa shape index (κ1) is 36.4. The van der Waals surface area contributed by atoms with Gasteiger partial charge in [-0.25, -0.2) is 0 Å². The van der Waals surface area contributed by atoms with Crippen LogP contribution in [0.15, 0.2) is 0 Å². The molecule has 0 radical (unpaired) electrons. The predicted octanol–water partition coefficient (Wildman–Crippen LogP) is 10.8. The van der Waals surface area contributed by atoms with Crippen molar-refractivity contribution >= 4 is 5.91 Å². The zero-order valence-corrected chi connectivity index (χ0v) is 25.8. The molecular formula is C34H69NO2. The minimum atomic E-state index is -0.480. The fourth-order valence-corrected chi connectivity index (χ4v) is 5.41. The van der Waals surface area contributed by atoms with Gasteiger partial charge < -0.3 is 10.4 Å². The van der Waals surface area contributed by atoms with Crippen LogP contribution in [0.2, 0.25) is 0 Å². The van der Waals surface area contributed by atoms with Crippen molar-refractivity contribution < 1.29 is 9.90 Å². The van der Waals surface area contributed by atoms with E-state index < -0.39 is 6.10 Å². The first-order valence-electron chi connectivity index (χ1n) is 17.1. The molecule has 0 saturated heterocycles. The number of unbranched alkanes of at least 4 members (excludes halogenated alkanes) is 23. The molecule has 0 aliphatic carbocycles. The largest absolute Gasteiger partial charge is 0.393 e. The van der Waals surface area contributed by atoms with E-state index in [0.717, 1.165) is 19.3 Å². The van der Waals surface area contributed by atoms with Crippen molar-refractivity contribution in [2.45, 2.75) is 213 Å². The van der Waals surface area contributed by atoms with E-state index in [-0.39, 0.29) is 18.4 Å². The minimum absolute atomic E-state index is 0.0217. The Morgan fingerprint density at radius 3 is 1.16 bits per heavy atom. The van der Waals surface area contributed by atoms with Gasteiger partial charge in [-0.3, -0.25) is 4.79 Å². The number of hydrogen-bond acceptors (Lipinski definition) is 2. The molecule has 222 valence electrons. The van der Waals surface area contributed by atoms with Crippen LogP contribution in [0, 0.1) is 0 Å². The summed E-state index contributed by atoms with van der Waals surface area (Å²) in [6.07, 6.45) is 35.4. The summed E-state index contributed by atoms with van der Waals surface area (Å²) in [5.74, 6) is 0.0217.